The molecule has 3 aliphatic rings. The summed E-state index contributed by atoms with van der Waals surface area (Å²) in [5.74, 6) is 3.06. The van der Waals surface area contributed by atoms with Crippen molar-refractivity contribution in [2.24, 2.45) is 23.2 Å². The van der Waals surface area contributed by atoms with E-state index in [-0.39, 0.29) is 21.4 Å². The number of aromatic nitrogens is 3. The van der Waals surface area contributed by atoms with Crippen LogP contribution in [0.25, 0.3) is 5.82 Å². The third kappa shape index (κ3) is 5.53. The number of amides is 1. The van der Waals surface area contributed by atoms with Crippen LogP contribution < -0.4 is 14.4 Å². The Balaban J connectivity index is 1.29. The van der Waals surface area contributed by atoms with E-state index in [0.717, 1.165) is 24.7 Å². The van der Waals surface area contributed by atoms with Crippen LogP contribution in [-0.4, -0.2) is 47.8 Å². The second kappa shape index (κ2) is 10.7. The molecule has 1 aromatic carbocycles. The van der Waals surface area contributed by atoms with Crippen LogP contribution in [-0.2, 0) is 10.0 Å². The summed E-state index contributed by atoms with van der Waals surface area (Å²) in [6, 6.07) is 13.1. The Kier molecular flexibility index (Phi) is 7.32. The molecule has 224 valence electrons. The molecule has 1 amide bonds. The maximum absolute atomic E-state index is 13.6. The summed E-state index contributed by atoms with van der Waals surface area (Å²) in [6.45, 7) is 10.1. The lowest BCUT2D eigenvalue weighted by atomic mass is 9.82. The SMILES string of the molecule is CC[C@]1(C)CN(c2nc(-n3ccc(OCC4CC5CCC4C5)n3)ccc2C(=O)NS(=O)(=O)c2ccccc2)C(C)(C)C1. The van der Waals surface area contributed by atoms with Crippen LogP contribution in [0.2, 0.25) is 0 Å². The molecule has 0 radical (unpaired) electrons. The van der Waals surface area contributed by atoms with Gasteiger partial charge in [0.05, 0.1) is 17.1 Å². The lowest BCUT2D eigenvalue weighted by Gasteiger charge is -2.34. The first-order chi connectivity index (χ1) is 20.0. The molecular formula is C32H41N5O4S. The standard InChI is InChI=1S/C32H41N5O4S/c1-5-32(4)20-31(2,3)36(21-32)29-26(30(38)35-42(39,40)25-9-7-6-8-10-25)13-14-27(33-29)37-16-15-28(34-37)41-19-24-18-22-11-12-23(24)17-22/h6-10,13-16,22-24H,5,11-12,17-21H2,1-4H3,(H,35,38)/t22?,23?,24?,32-/m0/s1. The molecule has 3 fully saturated rings. The van der Waals surface area contributed by atoms with E-state index in [1.807, 2.05) is 12.3 Å². The van der Waals surface area contributed by atoms with Crippen LogP contribution in [0.3, 0.4) is 0 Å². The lowest BCUT2D eigenvalue weighted by Crippen LogP contribution is -2.41. The third-order valence-electron chi connectivity index (χ3n) is 9.75. The first kappa shape index (κ1) is 28.7. The van der Waals surface area contributed by atoms with E-state index in [9.17, 15) is 13.2 Å². The number of sulfonamides is 1. The molecule has 1 aliphatic heterocycles. The summed E-state index contributed by atoms with van der Waals surface area (Å²) in [6.07, 6.45) is 8.96. The molecule has 1 saturated heterocycles. The summed E-state index contributed by atoms with van der Waals surface area (Å²) in [5.41, 5.74) is -0.0770. The molecular weight excluding hydrogens is 550 g/mol. The van der Waals surface area contributed by atoms with Gasteiger partial charge in [0.2, 0.25) is 5.88 Å². The van der Waals surface area contributed by atoms with Crippen LogP contribution >= 0.6 is 0 Å². The van der Waals surface area contributed by atoms with Gasteiger partial charge < -0.3 is 9.64 Å². The molecule has 3 heterocycles. The normalized spacial score (nSPS) is 26.5. The number of hydrogen-bond acceptors (Lipinski definition) is 7. The minimum Gasteiger partial charge on any atom is -0.476 e. The summed E-state index contributed by atoms with van der Waals surface area (Å²) in [7, 11) is -4.06. The Morgan fingerprint density at radius 1 is 1.07 bits per heavy atom. The highest BCUT2D eigenvalue weighted by Gasteiger charge is 2.46. The average molecular weight is 592 g/mol. The van der Waals surface area contributed by atoms with Crippen molar-refractivity contribution in [2.45, 2.75) is 76.7 Å². The number of fused-ring (bicyclic) bond motifs is 2. The molecule has 9 nitrogen and oxygen atoms in total. The molecule has 2 bridgehead atoms. The molecule has 2 saturated carbocycles. The summed E-state index contributed by atoms with van der Waals surface area (Å²) < 4.78 is 36.1. The highest BCUT2D eigenvalue weighted by molar-refractivity contribution is 7.90. The number of hydrogen-bond donors (Lipinski definition) is 1. The topological polar surface area (TPSA) is 106 Å². The number of carbonyl (C=O) groups excluding carboxylic acids is 1. The predicted octanol–water partition coefficient (Wildman–Crippen LogP) is 5.61. The Morgan fingerprint density at radius 3 is 2.52 bits per heavy atom. The van der Waals surface area contributed by atoms with Crippen LogP contribution in [0.1, 0.15) is 76.6 Å². The second-order valence-electron chi connectivity index (χ2n) is 13.4. The number of pyridine rings is 1. The van der Waals surface area contributed by atoms with Crippen molar-refractivity contribution in [1.29, 1.82) is 0 Å². The van der Waals surface area contributed by atoms with Crippen LogP contribution in [0.5, 0.6) is 5.88 Å². The fraction of sp³-hybridized carbons (Fsp3) is 0.531. The third-order valence-corrected chi connectivity index (χ3v) is 11.1. The van der Waals surface area contributed by atoms with Gasteiger partial charge in [-0.05, 0) is 93.4 Å². The number of ether oxygens (including phenoxy) is 1. The molecule has 1 N–H and O–H groups in total. The van der Waals surface area contributed by atoms with Gasteiger partial charge in [-0.1, -0.05) is 38.5 Å². The molecule has 6 rings (SSSR count). The lowest BCUT2D eigenvalue weighted by molar-refractivity contribution is 0.0981. The van der Waals surface area contributed by atoms with E-state index < -0.39 is 15.9 Å². The van der Waals surface area contributed by atoms with Crippen LogP contribution in [0.4, 0.5) is 5.82 Å². The fourth-order valence-corrected chi connectivity index (χ4v) is 8.45. The first-order valence-corrected chi connectivity index (χ1v) is 16.5. The van der Waals surface area contributed by atoms with E-state index in [2.05, 4.69) is 42.4 Å². The quantitative estimate of drug-likeness (QED) is 0.345. The summed E-state index contributed by atoms with van der Waals surface area (Å²) in [5, 5.41) is 4.64. The number of nitrogens with one attached hydrogen (secondary N) is 1. The Bertz CT molecular complexity index is 1570. The Morgan fingerprint density at radius 2 is 1.86 bits per heavy atom. The number of rotatable bonds is 9. The largest absolute Gasteiger partial charge is 0.476 e. The second-order valence-corrected chi connectivity index (χ2v) is 15.1. The molecule has 42 heavy (non-hydrogen) atoms. The molecule has 4 atom stereocenters. The van der Waals surface area contributed by atoms with Crippen molar-refractivity contribution in [1.82, 2.24) is 19.5 Å². The van der Waals surface area contributed by atoms with Gasteiger partial charge in [0.1, 0.15) is 5.82 Å². The Labute approximate surface area is 248 Å². The van der Waals surface area contributed by atoms with Gasteiger partial charge in [0.25, 0.3) is 15.9 Å². The van der Waals surface area contributed by atoms with Gasteiger partial charge in [-0.25, -0.2) is 22.8 Å². The van der Waals surface area contributed by atoms with E-state index >= 15 is 0 Å². The molecule has 3 unspecified atom stereocenters. The summed E-state index contributed by atoms with van der Waals surface area (Å²) in [4.78, 5) is 20.7. The van der Waals surface area contributed by atoms with Gasteiger partial charge in [-0.3, -0.25) is 4.79 Å². The molecule has 2 aliphatic carbocycles. The smallest absolute Gasteiger partial charge is 0.268 e. The maximum Gasteiger partial charge on any atom is 0.268 e. The monoisotopic (exact) mass is 591 g/mol. The number of nitrogens with zero attached hydrogens (tertiary/aromatic N) is 4. The van der Waals surface area contributed by atoms with E-state index in [1.54, 1.807) is 35.0 Å². The molecule has 0 spiro atoms. The van der Waals surface area contributed by atoms with E-state index in [1.165, 1.54) is 37.8 Å². The van der Waals surface area contributed by atoms with Gasteiger partial charge in [-0.2, -0.15) is 0 Å². The van der Waals surface area contributed by atoms with E-state index in [0.29, 0.717) is 36.6 Å². The van der Waals surface area contributed by atoms with Gasteiger partial charge in [-0.15, -0.1) is 5.10 Å². The summed E-state index contributed by atoms with van der Waals surface area (Å²) >= 11 is 0. The fourth-order valence-electron chi connectivity index (χ4n) is 7.46. The van der Waals surface area contributed by atoms with Crippen LogP contribution in [0, 0.1) is 23.2 Å². The van der Waals surface area contributed by atoms with E-state index in [4.69, 9.17) is 9.72 Å². The Hall–Kier alpha value is -3.40. The zero-order valence-electron chi connectivity index (χ0n) is 24.9. The highest BCUT2D eigenvalue weighted by atomic mass is 32.2. The maximum atomic E-state index is 13.6. The molecule has 10 heteroatoms. The molecule has 3 aromatic rings. The van der Waals surface area contributed by atoms with Gasteiger partial charge in [0, 0.05) is 24.3 Å². The van der Waals surface area contributed by atoms with Crippen molar-refractivity contribution in [3.8, 4) is 11.7 Å². The molecule has 2 aromatic heterocycles. The zero-order valence-corrected chi connectivity index (χ0v) is 25.7. The van der Waals surface area contributed by atoms with Crippen molar-refractivity contribution < 1.29 is 17.9 Å². The van der Waals surface area contributed by atoms with Gasteiger partial charge in [0.15, 0.2) is 5.82 Å². The number of benzene rings is 1. The zero-order chi connectivity index (χ0) is 29.7. The van der Waals surface area contributed by atoms with Gasteiger partial charge >= 0.3 is 0 Å². The van der Waals surface area contributed by atoms with Crippen molar-refractivity contribution in [3.05, 3.63) is 60.3 Å². The number of anilines is 1. The highest BCUT2D eigenvalue weighted by Crippen LogP contribution is 2.48. The average Bonchev–Trinajstić information content (AvgIpc) is 3.76. The number of carbonyl (C=O) groups is 1. The van der Waals surface area contributed by atoms with Crippen molar-refractivity contribution in [2.75, 3.05) is 18.1 Å². The van der Waals surface area contributed by atoms with Crippen molar-refractivity contribution >= 4 is 21.7 Å². The van der Waals surface area contributed by atoms with Crippen LogP contribution in [0.15, 0.2) is 59.6 Å². The first-order valence-electron chi connectivity index (χ1n) is 15.1. The predicted molar refractivity (Wildman–Crippen MR) is 161 cm³/mol. The minimum absolute atomic E-state index is 0.0252. The minimum atomic E-state index is -4.06. The van der Waals surface area contributed by atoms with Crippen molar-refractivity contribution in [3.63, 3.8) is 0 Å².